The summed E-state index contributed by atoms with van der Waals surface area (Å²) >= 11 is 0. The molecule has 8 nitrogen and oxygen atoms in total. The van der Waals surface area contributed by atoms with E-state index in [4.69, 9.17) is 18.7 Å². The summed E-state index contributed by atoms with van der Waals surface area (Å²) in [4.78, 5) is 21.4. The zero-order valence-corrected chi connectivity index (χ0v) is 18.0. The van der Waals surface area contributed by atoms with Crippen LogP contribution in [-0.2, 0) is 27.3 Å². The third kappa shape index (κ3) is 6.29. The molecule has 0 aliphatic heterocycles. The Balaban J connectivity index is 1.49. The smallest absolute Gasteiger partial charge is 0.314 e. The summed E-state index contributed by atoms with van der Waals surface area (Å²) in [6.07, 6.45) is 0.443. The Morgan fingerprint density at radius 1 is 1.19 bits per heavy atom. The van der Waals surface area contributed by atoms with Crippen LogP contribution in [0, 0.1) is 5.92 Å². The molecule has 0 saturated carbocycles. The van der Waals surface area contributed by atoms with E-state index in [0.717, 1.165) is 22.4 Å². The fraction of sp³-hybridized carbons (Fsp3) is 0.348. The molecule has 2 aromatic carbocycles. The molecule has 0 spiro atoms. The summed E-state index contributed by atoms with van der Waals surface area (Å²) in [5.41, 5.74) is 3.13. The lowest BCUT2D eigenvalue weighted by atomic mass is 9.95. The fourth-order valence-corrected chi connectivity index (χ4v) is 3.18. The quantitative estimate of drug-likeness (QED) is 0.218. The Morgan fingerprint density at radius 2 is 2.03 bits per heavy atom. The zero-order valence-electron chi connectivity index (χ0n) is 18.0. The summed E-state index contributed by atoms with van der Waals surface area (Å²) in [5, 5.41) is 7.14. The van der Waals surface area contributed by atoms with Crippen molar-refractivity contribution in [1.82, 2.24) is 10.3 Å². The number of esters is 1. The number of hydrogen-bond acceptors (Lipinski definition) is 8. The number of fused-ring (bicyclic) bond motifs is 1. The Bertz CT molecular complexity index is 998. The molecule has 3 rings (SSSR count). The van der Waals surface area contributed by atoms with Crippen LogP contribution in [0.2, 0.25) is 0 Å². The molecular weight excluding hydrogens is 398 g/mol. The van der Waals surface area contributed by atoms with Crippen LogP contribution in [0.15, 0.2) is 58.1 Å². The number of nitrogens with one attached hydrogen (secondary N) is 1. The van der Waals surface area contributed by atoms with Gasteiger partial charge in [-0.1, -0.05) is 29.4 Å². The van der Waals surface area contributed by atoms with Gasteiger partial charge in [0.1, 0.15) is 30.9 Å². The molecule has 1 atom stereocenters. The van der Waals surface area contributed by atoms with Crippen LogP contribution in [0.5, 0.6) is 5.75 Å². The van der Waals surface area contributed by atoms with Crippen molar-refractivity contribution < 1.29 is 23.5 Å². The molecule has 8 heteroatoms. The van der Waals surface area contributed by atoms with Gasteiger partial charge in [-0.2, -0.15) is 0 Å². The minimum absolute atomic E-state index is 0.354. The molecule has 0 radical (unpaired) electrons. The molecule has 1 unspecified atom stereocenters. The van der Waals surface area contributed by atoms with E-state index in [0.29, 0.717) is 37.7 Å². The molecule has 0 amide bonds. The normalized spacial score (nSPS) is 12.5. The number of aromatic nitrogens is 1. The number of hydrogen-bond donors (Lipinski definition) is 1. The maximum absolute atomic E-state index is 12.1. The summed E-state index contributed by atoms with van der Waals surface area (Å²) in [5.74, 6) is 0.502. The van der Waals surface area contributed by atoms with Crippen molar-refractivity contribution in [2.45, 2.75) is 19.9 Å². The van der Waals surface area contributed by atoms with Gasteiger partial charge < -0.3 is 24.0 Å². The van der Waals surface area contributed by atoms with Crippen LogP contribution >= 0.6 is 0 Å². The largest absolute Gasteiger partial charge is 0.492 e. The van der Waals surface area contributed by atoms with E-state index in [-0.39, 0.29) is 5.97 Å². The number of ether oxygens (including phenoxy) is 2. The predicted octanol–water partition coefficient (Wildman–Crippen LogP) is 3.35. The molecule has 0 aliphatic rings. The summed E-state index contributed by atoms with van der Waals surface area (Å²) < 4.78 is 16.4. The molecule has 1 aromatic heterocycles. The highest BCUT2D eigenvalue weighted by molar-refractivity contribution is 6.00. The minimum Gasteiger partial charge on any atom is -0.492 e. The Kier molecular flexibility index (Phi) is 8.00. The van der Waals surface area contributed by atoms with E-state index >= 15 is 0 Å². The van der Waals surface area contributed by atoms with E-state index in [1.165, 1.54) is 14.2 Å². The monoisotopic (exact) mass is 425 g/mol. The molecule has 3 aromatic rings. The van der Waals surface area contributed by atoms with Gasteiger partial charge in [-0.25, -0.2) is 4.98 Å². The second kappa shape index (κ2) is 11.1. The van der Waals surface area contributed by atoms with Crippen molar-refractivity contribution in [2.24, 2.45) is 11.1 Å². The molecule has 0 aliphatic carbocycles. The van der Waals surface area contributed by atoms with E-state index < -0.39 is 5.92 Å². The number of carbonyl (C=O) groups excluding carboxylic acids is 1. The highest BCUT2D eigenvalue weighted by Gasteiger charge is 2.23. The summed E-state index contributed by atoms with van der Waals surface area (Å²) in [6, 6.07) is 15.3. The minimum atomic E-state index is -0.516. The van der Waals surface area contributed by atoms with Crippen LogP contribution in [0.3, 0.4) is 0 Å². The summed E-state index contributed by atoms with van der Waals surface area (Å²) in [6.45, 7) is 3.38. The average molecular weight is 425 g/mol. The second-order valence-corrected chi connectivity index (χ2v) is 6.94. The number of oxazole rings is 1. The van der Waals surface area contributed by atoms with Gasteiger partial charge in [-0.3, -0.25) is 4.79 Å². The Morgan fingerprint density at radius 3 is 2.81 bits per heavy atom. The Hall–Kier alpha value is -3.39. The number of methoxy groups -OCH3 is 1. The number of oxime groups is 1. The van der Waals surface area contributed by atoms with Gasteiger partial charge in [0.2, 0.25) is 5.89 Å². The van der Waals surface area contributed by atoms with Gasteiger partial charge in [-0.15, -0.1) is 0 Å². The first-order valence-corrected chi connectivity index (χ1v) is 10.0. The lowest BCUT2D eigenvalue weighted by molar-refractivity contribution is -0.143. The van der Waals surface area contributed by atoms with Crippen LogP contribution < -0.4 is 10.1 Å². The van der Waals surface area contributed by atoms with Crippen molar-refractivity contribution in [3.63, 3.8) is 0 Å². The van der Waals surface area contributed by atoms with Gasteiger partial charge in [0, 0.05) is 6.54 Å². The van der Waals surface area contributed by atoms with Gasteiger partial charge in [-0.05, 0) is 43.2 Å². The predicted molar refractivity (Wildman–Crippen MR) is 117 cm³/mol. The van der Waals surface area contributed by atoms with Crippen LogP contribution in [0.4, 0.5) is 0 Å². The molecule has 1 N–H and O–H groups in total. The van der Waals surface area contributed by atoms with Crippen molar-refractivity contribution in [1.29, 1.82) is 0 Å². The standard InChI is InChI=1S/C23H27N3O5/c1-16(26-29-3)19(23(27)28-2)14-17-7-6-8-18(13-17)30-12-11-24-15-22-25-20-9-4-5-10-21(20)31-22/h4-10,13,19,24H,11-12,14-15H2,1-3H3. The third-order valence-electron chi connectivity index (χ3n) is 4.73. The lowest BCUT2D eigenvalue weighted by Gasteiger charge is -2.15. The van der Waals surface area contributed by atoms with Gasteiger partial charge in [0.05, 0.1) is 19.4 Å². The van der Waals surface area contributed by atoms with Gasteiger partial charge in [0.25, 0.3) is 0 Å². The van der Waals surface area contributed by atoms with E-state index in [2.05, 4.69) is 15.5 Å². The number of nitrogens with zero attached hydrogens (tertiary/aromatic N) is 2. The fourth-order valence-electron chi connectivity index (χ4n) is 3.18. The molecule has 164 valence electrons. The average Bonchev–Trinajstić information content (AvgIpc) is 3.20. The van der Waals surface area contributed by atoms with Crippen molar-refractivity contribution in [3.05, 3.63) is 60.0 Å². The molecule has 1 heterocycles. The Labute approximate surface area is 181 Å². The highest BCUT2D eigenvalue weighted by atomic mass is 16.6. The molecule has 31 heavy (non-hydrogen) atoms. The molecule has 0 bridgehead atoms. The number of para-hydroxylation sites is 2. The van der Waals surface area contributed by atoms with Crippen LogP contribution in [0.1, 0.15) is 18.4 Å². The van der Waals surface area contributed by atoms with Gasteiger partial charge >= 0.3 is 5.97 Å². The van der Waals surface area contributed by atoms with E-state index in [1.54, 1.807) is 6.92 Å². The lowest BCUT2D eigenvalue weighted by Crippen LogP contribution is -2.26. The van der Waals surface area contributed by atoms with E-state index in [1.807, 2.05) is 48.5 Å². The molecule has 0 fully saturated rings. The maximum Gasteiger partial charge on any atom is 0.314 e. The van der Waals surface area contributed by atoms with Crippen LogP contribution in [-0.4, -0.2) is 44.0 Å². The van der Waals surface area contributed by atoms with Crippen LogP contribution in [0.25, 0.3) is 11.1 Å². The molecule has 0 saturated heterocycles. The van der Waals surface area contributed by atoms with Crippen molar-refractivity contribution in [3.8, 4) is 5.75 Å². The number of carbonyl (C=O) groups is 1. The summed E-state index contributed by atoms with van der Waals surface area (Å²) in [7, 11) is 2.81. The number of benzene rings is 2. The SMILES string of the molecule is CON=C(C)C(Cc1cccc(OCCNCc2nc3ccccc3o2)c1)C(=O)OC. The highest BCUT2D eigenvalue weighted by Crippen LogP contribution is 2.19. The first kappa shape index (κ1) is 22.3. The van der Waals surface area contributed by atoms with Crippen molar-refractivity contribution >= 4 is 22.8 Å². The first-order valence-electron chi connectivity index (χ1n) is 10.0. The van der Waals surface area contributed by atoms with E-state index in [9.17, 15) is 4.79 Å². The number of rotatable bonds is 11. The topological polar surface area (TPSA) is 95.2 Å². The van der Waals surface area contributed by atoms with Gasteiger partial charge in [0.15, 0.2) is 5.58 Å². The third-order valence-corrected chi connectivity index (χ3v) is 4.73. The zero-order chi connectivity index (χ0) is 22.1. The maximum atomic E-state index is 12.1. The molecular formula is C23H27N3O5. The van der Waals surface area contributed by atoms with Crippen molar-refractivity contribution in [2.75, 3.05) is 27.4 Å². The first-order chi connectivity index (χ1) is 15.1. The second-order valence-electron chi connectivity index (χ2n) is 6.94.